The van der Waals surface area contributed by atoms with Gasteiger partial charge in [-0.15, -0.1) is 0 Å². The highest BCUT2D eigenvalue weighted by Crippen LogP contribution is 2.57. The maximum Gasteiger partial charge on any atom is 0.0625 e. The third-order valence-electron chi connectivity index (χ3n) is 5.80. The van der Waals surface area contributed by atoms with Crippen LogP contribution in [0.1, 0.15) is 45.1 Å². The van der Waals surface area contributed by atoms with Crippen molar-refractivity contribution in [3.05, 3.63) is 35.9 Å². The minimum absolute atomic E-state index is 0.158. The van der Waals surface area contributed by atoms with Crippen molar-refractivity contribution in [3.8, 4) is 0 Å². The Balaban J connectivity index is 2.04. The van der Waals surface area contributed by atoms with Gasteiger partial charge >= 0.3 is 0 Å². The number of hydrogen-bond acceptors (Lipinski definition) is 2. The van der Waals surface area contributed by atoms with E-state index in [0.29, 0.717) is 17.9 Å². The summed E-state index contributed by atoms with van der Waals surface area (Å²) in [7, 11) is 1.88. The van der Waals surface area contributed by atoms with Gasteiger partial charge in [-0.05, 0) is 59.3 Å². The minimum atomic E-state index is 0.158. The molecule has 2 heteroatoms. The summed E-state index contributed by atoms with van der Waals surface area (Å²) in [6.45, 7) is 4.70. The number of rotatable bonds is 3. The Morgan fingerprint density at radius 2 is 1.90 bits per heavy atom. The van der Waals surface area contributed by atoms with Crippen LogP contribution >= 0.6 is 12.2 Å². The molecule has 3 rings (SSSR count). The number of benzene rings is 1. The van der Waals surface area contributed by atoms with E-state index in [2.05, 4.69) is 44.2 Å². The second kappa shape index (κ2) is 5.48. The molecule has 1 aromatic rings. The first kappa shape index (κ1) is 15.2. The van der Waals surface area contributed by atoms with E-state index in [1.165, 1.54) is 31.2 Å². The summed E-state index contributed by atoms with van der Waals surface area (Å²) in [6, 6.07) is 11.1. The largest absolute Gasteiger partial charge is 0.381 e. The molecular weight excluding hydrogens is 276 g/mol. The zero-order valence-electron chi connectivity index (χ0n) is 13.3. The molecule has 2 aliphatic rings. The summed E-state index contributed by atoms with van der Waals surface area (Å²) in [5.41, 5.74) is 1.94. The van der Waals surface area contributed by atoms with Crippen LogP contribution in [-0.4, -0.2) is 18.6 Å². The van der Waals surface area contributed by atoms with Crippen LogP contribution in [0.25, 0.3) is 0 Å². The van der Waals surface area contributed by atoms with E-state index in [-0.39, 0.29) is 10.8 Å². The fourth-order valence-electron chi connectivity index (χ4n) is 5.32. The van der Waals surface area contributed by atoms with Gasteiger partial charge in [-0.25, -0.2) is 0 Å². The molecule has 5 atom stereocenters. The predicted octanol–water partition coefficient (Wildman–Crippen LogP) is 4.79. The maximum absolute atomic E-state index is 5.86. The Bertz CT molecular complexity index is 510. The third-order valence-corrected chi connectivity index (χ3v) is 6.37. The van der Waals surface area contributed by atoms with Crippen LogP contribution in [0.5, 0.6) is 0 Å². The standard InChI is InChI=1S/C19H26OS/c1-14-9-19(16-7-5-4-6-8-16)11-15(17(14)20-3)10-18(2,12-19)13-21/h4-8,13-15,17H,9-12H2,1-3H3. The molecule has 0 heterocycles. The molecule has 1 nitrogen and oxygen atoms in total. The summed E-state index contributed by atoms with van der Waals surface area (Å²) in [4.78, 5) is 0. The van der Waals surface area contributed by atoms with Gasteiger partial charge < -0.3 is 4.74 Å². The fraction of sp³-hybridized carbons (Fsp3) is 0.632. The van der Waals surface area contributed by atoms with Crippen LogP contribution < -0.4 is 0 Å². The van der Waals surface area contributed by atoms with E-state index in [9.17, 15) is 0 Å². The molecule has 21 heavy (non-hydrogen) atoms. The number of ether oxygens (including phenoxy) is 1. The molecule has 2 saturated carbocycles. The highest BCUT2D eigenvalue weighted by atomic mass is 32.1. The SMILES string of the molecule is COC1C(C)CC2(c3ccccc3)CC1CC(C)(C=S)C2. The molecule has 5 unspecified atom stereocenters. The Morgan fingerprint density at radius 1 is 1.19 bits per heavy atom. The van der Waals surface area contributed by atoms with Gasteiger partial charge in [-0.1, -0.05) is 56.4 Å². The predicted molar refractivity (Wildman–Crippen MR) is 91.8 cm³/mol. The second-order valence-corrected chi connectivity index (χ2v) is 7.88. The first-order valence-corrected chi connectivity index (χ1v) is 8.54. The Hall–Kier alpha value is -0.730. The zero-order valence-corrected chi connectivity index (χ0v) is 14.2. The van der Waals surface area contributed by atoms with Crippen molar-refractivity contribution in [1.82, 2.24) is 0 Å². The lowest BCUT2D eigenvalue weighted by Gasteiger charge is -2.56. The molecule has 0 aliphatic heterocycles. The molecule has 0 aromatic heterocycles. The molecule has 0 amide bonds. The minimum Gasteiger partial charge on any atom is -0.381 e. The lowest BCUT2D eigenvalue weighted by Crippen LogP contribution is -2.53. The zero-order chi connectivity index (χ0) is 15.1. The first-order chi connectivity index (χ1) is 10.0. The van der Waals surface area contributed by atoms with Crippen LogP contribution in [0.2, 0.25) is 0 Å². The number of fused-ring (bicyclic) bond motifs is 2. The summed E-state index contributed by atoms with van der Waals surface area (Å²) >= 11 is 5.40. The molecule has 0 saturated heterocycles. The van der Waals surface area contributed by atoms with Crippen molar-refractivity contribution < 1.29 is 4.74 Å². The fourth-order valence-corrected chi connectivity index (χ4v) is 5.50. The average molecular weight is 302 g/mol. The van der Waals surface area contributed by atoms with Crippen LogP contribution in [-0.2, 0) is 10.2 Å². The molecule has 0 radical (unpaired) electrons. The molecule has 0 N–H and O–H groups in total. The van der Waals surface area contributed by atoms with Crippen LogP contribution in [0, 0.1) is 17.3 Å². The number of thiocarbonyl (C=S) groups is 1. The highest BCUT2D eigenvalue weighted by Gasteiger charge is 2.53. The normalized spacial score (nSPS) is 42.5. The molecule has 2 bridgehead atoms. The van der Waals surface area contributed by atoms with Gasteiger partial charge in [0.25, 0.3) is 0 Å². The molecule has 2 aliphatic carbocycles. The van der Waals surface area contributed by atoms with Crippen molar-refractivity contribution in [3.63, 3.8) is 0 Å². The quantitative estimate of drug-likeness (QED) is 0.743. The summed E-state index contributed by atoms with van der Waals surface area (Å²) in [6.07, 6.45) is 5.21. The lowest BCUT2D eigenvalue weighted by molar-refractivity contribution is -0.0769. The molecule has 2 fully saturated rings. The summed E-state index contributed by atoms with van der Waals surface area (Å²) in [5, 5.41) is 2.03. The van der Waals surface area contributed by atoms with E-state index in [0.717, 1.165) is 0 Å². The van der Waals surface area contributed by atoms with Crippen LogP contribution in [0.15, 0.2) is 30.3 Å². The molecular formula is C19H26OS. The van der Waals surface area contributed by atoms with Crippen molar-refractivity contribution in [2.24, 2.45) is 17.3 Å². The van der Waals surface area contributed by atoms with Gasteiger partial charge in [0, 0.05) is 7.11 Å². The van der Waals surface area contributed by atoms with Crippen LogP contribution in [0.4, 0.5) is 0 Å². The topological polar surface area (TPSA) is 9.23 Å². The van der Waals surface area contributed by atoms with E-state index in [1.807, 2.05) is 12.5 Å². The van der Waals surface area contributed by atoms with Crippen LogP contribution in [0.3, 0.4) is 0 Å². The monoisotopic (exact) mass is 302 g/mol. The second-order valence-electron chi connectivity index (χ2n) is 7.65. The van der Waals surface area contributed by atoms with Crippen molar-refractivity contribution in [1.29, 1.82) is 0 Å². The van der Waals surface area contributed by atoms with Gasteiger partial charge in [0.15, 0.2) is 0 Å². The van der Waals surface area contributed by atoms with E-state index in [1.54, 1.807) is 0 Å². The van der Waals surface area contributed by atoms with E-state index >= 15 is 0 Å². The number of hydrogen-bond donors (Lipinski definition) is 0. The Kier molecular flexibility index (Phi) is 3.96. The Morgan fingerprint density at radius 3 is 2.52 bits per heavy atom. The first-order valence-electron chi connectivity index (χ1n) is 8.07. The van der Waals surface area contributed by atoms with Crippen molar-refractivity contribution in [2.75, 3.05) is 7.11 Å². The highest BCUT2D eigenvalue weighted by molar-refractivity contribution is 7.79. The van der Waals surface area contributed by atoms with Gasteiger partial charge in [0.05, 0.1) is 6.10 Å². The molecule has 114 valence electrons. The van der Waals surface area contributed by atoms with Gasteiger partial charge in [0.1, 0.15) is 0 Å². The maximum atomic E-state index is 5.86. The lowest BCUT2D eigenvalue weighted by atomic mass is 9.50. The summed E-state index contributed by atoms with van der Waals surface area (Å²) < 4.78 is 5.86. The van der Waals surface area contributed by atoms with E-state index < -0.39 is 0 Å². The van der Waals surface area contributed by atoms with Crippen molar-refractivity contribution >= 4 is 17.6 Å². The summed E-state index contributed by atoms with van der Waals surface area (Å²) in [5.74, 6) is 1.24. The number of methoxy groups -OCH3 is 1. The Labute approximate surface area is 134 Å². The van der Waals surface area contributed by atoms with Crippen molar-refractivity contribution in [2.45, 2.75) is 51.0 Å². The average Bonchev–Trinajstić information content (AvgIpc) is 2.47. The van der Waals surface area contributed by atoms with Gasteiger partial charge in [0.2, 0.25) is 0 Å². The smallest absolute Gasteiger partial charge is 0.0625 e. The van der Waals surface area contributed by atoms with E-state index in [4.69, 9.17) is 17.0 Å². The van der Waals surface area contributed by atoms with Gasteiger partial charge in [-0.3, -0.25) is 0 Å². The van der Waals surface area contributed by atoms with Gasteiger partial charge in [-0.2, -0.15) is 0 Å². The third kappa shape index (κ3) is 2.57. The molecule has 0 spiro atoms. The molecule has 1 aromatic carbocycles.